The molecule has 2 aromatic rings. The van der Waals surface area contributed by atoms with E-state index in [2.05, 4.69) is 20.8 Å². The SMILES string of the molecule is O=C(NC1CC1)[C@H]1CCCN(C(=O)c2ccc(-n3cnnn3)cc2)C1. The zero-order chi connectivity index (χ0) is 17.2. The lowest BCUT2D eigenvalue weighted by atomic mass is 9.96. The first-order valence-electron chi connectivity index (χ1n) is 8.64. The summed E-state index contributed by atoms with van der Waals surface area (Å²) in [6.45, 7) is 1.19. The molecule has 4 rings (SSSR count). The predicted octanol–water partition coefficient (Wildman–Crippen LogP) is 0.793. The first-order chi connectivity index (χ1) is 12.2. The molecule has 0 unspecified atom stereocenters. The Morgan fingerprint density at radius 3 is 2.60 bits per heavy atom. The number of nitrogens with zero attached hydrogens (tertiary/aromatic N) is 5. The topological polar surface area (TPSA) is 93.0 Å². The van der Waals surface area contributed by atoms with Gasteiger partial charge in [-0.05, 0) is 60.4 Å². The molecule has 1 aliphatic heterocycles. The highest BCUT2D eigenvalue weighted by molar-refractivity contribution is 5.95. The van der Waals surface area contributed by atoms with Gasteiger partial charge in [-0.1, -0.05) is 0 Å². The van der Waals surface area contributed by atoms with Crippen molar-refractivity contribution in [1.82, 2.24) is 30.4 Å². The minimum absolute atomic E-state index is 0.0350. The second kappa shape index (κ2) is 6.62. The molecule has 1 atom stereocenters. The van der Waals surface area contributed by atoms with Crippen LogP contribution in [-0.4, -0.2) is 56.1 Å². The van der Waals surface area contributed by atoms with Crippen LogP contribution in [0.5, 0.6) is 0 Å². The van der Waals surface area contributed by atoms with Gasteiger partial charge in [0.15, 0.2) is 0 Å². The number of carbonyl (C=O) groups excluding carboxylic acids is 2. The molecule has 1 saturated heterocycles. The molecule has 0 bridgehead atoms. The maximum atomic E-state index is 12.7. The van der Waals surface area contributed by atoms with Crippen molar-refractivity contribution in [3.05, 3.63) is 36.2 Å². The van der Waals surface area contributed by atoms with E-state index in [9.17, 15) is 9.59 Å². The molecular weight excluding hydrogens is 320 g/mol. The van der Waals surface area contributed by atoms with Crippen LogP contribution in [0.2, 0.25) is 0 Å². The van der Waals surface area contributed by atoms with Gasteiger partial charge >= 0.3 is 0 Å². The molecular formula is C17H20N6O2. The average Bonchev–Trinajstić information content (AvgIpc) is 3.30. The summed E-state index contributed by atoms with van der Waals surface area (Å²) in [5.41, 5.74) is 1.40. The molecule has 2 aliphatic rings. The lowest BCUT2D eigenvalue weighted by molar-refractivity contribution is -0.126. The highest BCUT2D eigenvalue weighted by atomic mass is 16.2. The Hall–Kier alpha value is -2.77. The molecule has 1 aromatic heterocycles. The molecule has 8 nitrogen and oxygen atoms in total. The quantitative estimate of drug-likeness (QED) is 0.888. The Morgan fingerprint density at radius 2 is 1.92 bits per heavy atom. The molecule has 0 radical (unpaired) electrons. The normalized spacial score (nSPS) is 20.3. The number of tetrazole rings is 1. The van der Waals surface area contributed by atoms with Crippen LogP contribution in [0.25, 0.3) is 5.69 Å². The Kier molecular flexibility index (Phi) is 4.17. The fraction of sp³-hybridized carbons (Fsp3) is 0.471. The van der Waals surface area contributed by atoms with Crippen molar-refractivity contribution in [2.45, 2.75) is 31.7 Å². The minimum atomic E-state index is -0.0983. The van der Waals surface area contributed by atoms with Crippen molar-refractivity contribution in [3.8, 4) is 5.69 Å². The van der Waals surface area contributed by atoms with Gasteiger partial charge in [0, 0.05) is 24.7 Å². The summed E-state index contributed by atoms with van der Waals surface area (Å²) in [7, 11) is 0. The number of rotatable bonds is 4. The average molecular weight is 340 g/mol. The van der Waals surface area contributed by atoms with Crippen molar-refractivity contribution >= 4 is 11.8 Å². The molecule has 2 fully saturated rings. The zero-order valence-corrected chi connectivity index (χ0v) is 13.8. The van der Waals surface area contributed by atoms with Crippen LogP contribution in [0.4, 0.5) is 0 Å². The van der Waals surface area contributed by atoms with Gasteiger partial charge in [-0.3, -0.25) is 9.59 Å². The van der Waals surface area contributed by atoms with Crippen LogP contribution < -0.4 is 5.32 Å². The van der Waals surface area contributed by atoms with Gasteiger partial charge in [0.25, 0.3) is 5.91 Å². The van der Waals surface area contributed by atoms with Gasteiger partial charge in [-0.15, -0.1) is 5.10 Å². The van der Waals surface area contributed by atoms with Crippen LogP contribution >= 0.6 is 0 Å². The first-order valence-corrected chi connectivity index (χ1v) is 8.64. The molecule has 1 saturated carbocycles. The number of hydrogen-bond acceptors (Lipinski definition) is 5. The summed E-state index contributed by atoms with van der Waals surface area (Å²) < 4.78 is 1.54. The summed E-state index contributed by atoms with van der Waals surface area (Å²) in [4.78, 5) is 26.8. The third-order valence-corrected chi connectivity index (χ3v) is 4.73. The standard InChI is InChI=1S/C17H20N6O2/c24-16(19-14-5-6-14)13-2-1-9-22(10-13)17(25)12-3-7-15(8-4-12)23-11-18-20-21-23/h3-4,7-8,11,13-14H,1-2,5-6,9-10H2,(H,19,24)/t13-/m0/s1. The number of nitrogens with one attached hydrogen (secondary N) is 1. The number of piperidine rings is 1. The second-order valence-corrected chi connectivity index (χ2v) is 6.67. The van der Waals surface area contributed by atoms with Crippen molar-refractivity contribution < 1.29 is 9.59 Å². The van der Waals surface area contributed by atoms with E-state index in [1.807, 2.05) is 12.1 Å². The van der Waals surface area contributed by atoms with Gasteiger partial charge in [-0.2, -0.15) is 0 Å². The van der Waals surface area contributed by atoms with E-state index in [0.29, 0.717) is 24.7 Å². The molecule has 1 aromatic carbocycles. The van der Waals surface area contributed by atoms with E-state index < -0.39 is 0 Å². The summed E-state index contributed by atoms with van der Waals surface area (Å²) in [6, 6.07) is 7.52. The molecule has 130 valence electrons. The van der Waals surface area contributed by atoms with Crippen LogP contribution in [0.15, 0.2) is 30.6 Å². The molecule has 1 aliphatic carbocycles. The monoisotopic (exact) mass is 340 g/mol. The van der Waals surface area contributed by atoms with Gasteiger partial charge < -0.3 is 10.2 Å². The summed E-state index contributed by atoms with van der Waals surface area (Å²) in [5, 5.41) is 14.1. The number of likely N-dealkylation sites (tertiary alicyclic amines) is 1. The largest absolute Gasteiger partial charge is 0.353 e. The molecule has 8 heteroatoms. The number of benzene rings is 1. The van der Waals surface area contributed by atoms with Crippen LogP contribution in [0.1, 0.15) is 36.0 Å². The highest BCUT2D eigenvalue weighted by Crippen LogP contribution is 2.23. The molecule has 0 spiro atoms. The van der Waals surface area contributed by atoms with E-state index in [1.54, 1.807) is 17.0 Å². The van der Waals surface area contributed by atoms with E-state index in [1.165, 1.54) is 11.0 Å². The van der Waals surface area contributed by atoms with Crippen LogP contribution in [-0.2, 0) is 4.79 Å². The van der Waals surface area contributed by atoms with Crippen LogP contribution in [0, 0.1) is 5.92 Å². The fourth-order valence-electron chi connectivity index (χ4n) is 3.14. The third kappa shape index (κ3) is 3.52. The number of carbonyl (C=O) groups is 2. The summed E-state index contributed by atoms with van der Waals surface area (Å²) in [6.07, 6.45) is 5.37. The maximum Gasteiger partial charge on any atom is 0.253 e. The second-order valence-electron chi connectivity index (χ2n) is 6.67. The highest BCUT2D eigenvalue weighted by Gasteiger charge is 2.32. The zero-order valence-electron chi connectivity index (χ0n) is 13.8. The van der Waals surface area contributed by atoms with E-state index in [0.717, 1.165) is 31.4 Å². The van der Waals surface area contributed by atoms with Gasteiger partial charge in [0.1, 0.15) is 6.33 Å². The number of amides is 2. The molecule has 2 heterocycles. The maximum absolute atomic E-state index is 12.7. The van der Waals surface area contributed by atoms with Gasteiger partial charge in [-0.25, -0.2) is 4.68 Å². The van der Waals surface area contributed by atoms with Crippen molar-refractivity contribution in [2.24, 2.45) is 5.92 Å². The Morgan fingerprint density at radius 1 is 1.12 bits per heavy atom. The van der Waals surface area contributed by atoms with E-state index in [4.69, 9.17) is 0 Å². The Labute approximate surface area is 145 Å². The number of aromatic nitrogens is 4. The smallest absolute Gasteiger partial charge is 0.253 e. The van der Waals surface area contributed by atoms with E-state index >= 15 is 0 Å². The minimum Gasteiger partial charge on any atom is -0.353 e. The Bertz CT molecular complexity index is 754. The van der Waals surface area contributed by atoms with Crippen LogP contribution in [0.3, 0.4) is 0 Å². The fourth-order valence-corrected chi connectivity index (χ4v) is 3.14. The summed E-state index contributed by atoms with van der Waals surface area (Å²) in [5.74, 6) is -0.0417. The predicted molar refractivity (Wildman–Crippen MR) is 88.9 cm³/mol. The molecule has 1 N–H and O–H groups in total. The van der Waals surface area contributed by atoms with Gasteiger partial charge in [0.2, 0.25) is 5.91 Å². The molecule has 2 amide bonds. The van der Waals surface area contributed by atoms with Crippen molar-refractivity contribution in [3.63, 3.8) is 0 Å². The van der Waals surface area contributed by atoms with Crippen molar-refractivity contribution in [1.29, 1.82) is 0 Å². The number of hydrogen-bond donors (Lipinski definition) is 1. The third-order valence-electron chi connectivity index (χ3n) is 4.73. The lowest BCUT2D eigenvalue weighted by Gasteiger charge is -2.32. The van der Waals surface area contributed by atoms with E-state index in [-0.39, 0.29) is 17.7 Å². The molecule has 25 heavy (non-hydrogen) atoms. The van der Waals surface area contributed by atoms with Crippen molar-refractivity contribution in [2.75, 3.05) is 13.1 Å². The van der Waals surface area contributed by atoms with Gasteiger partial charge in [0.05, 0.1) is 11.6 Å². The summed E-state index contributed by atoms with van der Waals surface area (Å²) >= 11 is 0. The lowest BCUT2D eigenvalue weighted by Crippen LogP contribution is -2.45. The first kappa shape index (κ1) is 15.7. The Balaban J connectivity index is 1.41.